The van der Waals surface area contributed by atoms with Crippen molar-refractivity contribution in [1.29, 1.82) is 0 Å². The molecule has 0 aromatic carbocycles. The van der Waals surface area contributed by atoms with E-state index >= 15 is 0 Å². The summed E-state index contributed by atoms with van der Waals surface area (Å²) in [6, 6.07) is 0. The van der Waals surface area contributed by atoms with Gasteiger partial charge in [0.25, 0.3) is 0 Å². The maximum absolute atomic E-state index is 13.2. The van der Waals surface area contributed by atoms with Crippen LogP contribution in [0.5, 0.6) is 5.75 Å². The molecule has 4 unspecified atom stereocenters. The van der Waals surface area contributed by atoms with Gasteiger partial charge in [-0.05, 0) is 12.8 Å². The van der Waals surface area contributed by atoms with Crippen molar-refractivity contribution < 1.29 is 31.8 Å². The number of hydrogen-bond acceptors (Lipinski definition) is 3. The van der Waals surface area contributed by atoms with E-state index in [0.717, 1.165) is 6.20 Å². The number of aliphatic hydroxyl groups excluding tert-OH is 1. The van der Waals surface area contributed by atoms with Crippen LogP contribution in [0, 0.1) is 0 Å². The standard InChI is InChI=1S/C13H12F5NO2/c14-6-3-8(11(6)15)21-9-4-19-12(13(16,17)18)10-5(9)1-2-7(10)20/h4,6-8,11,20H,1-3H2. The third-order valence-electron chi connectivity index (χ3n) is 3.89. The summed E-state index contributed by atoms with van der Waals surface area (Å²) in [5.74, 6) is -0.00546. The molecule has 3 rings (SSSR count). The first-order chi connectivity index (χ1) is 9.79. The van der Waals surface area contributed by atoms with E-state index in [2.05, 4.69) is 4.98 Å². The van der Waals surface area contributed by atoms with Crippen molar-refractivity contribution in [2.45, 2.75) is 50.0 Å². The molecule has 0 amide bonds. The SMILES string of the molecule is OC1CCc2c(OC3CC(F)C3F)cnc(C(F)(F)F)c21. The monoisotopic (exact) mass is 309 g/mol. The molecule has 1 aromatic rings. The molecule has 8 heteroatoms. The van der Waals surface area contributed by atoms with Crippen LogP contribution in [0.2, 0.25) is 0 Å². The molecule has 1 saturated carbocycles. The molecule has 1 fully saturated rings. The van der Waals surface area contributed by atoms with Crippen molar-refractivity contribution in [2.75, 3.05) is 0 Å². The van der Waals surface area contributed by atoms with Crippen molar-refractivity contribution in [3.8, 4) is 5.75 Å². The van der Waals surface area contributed by atoms with Crippen molar-refractivity contribution >= 4 is 0 Å². The van der Waals surface area contributed by atoms with E-state index < -0.39 is 36.4 Å². The molecule has 0 aliphatic heterocycles. The third kappa shape index (κ3) is 2.35. The average Bonchev–Trinajstić information content (AvgIpc) is 2.80. The van der Waals surface area contributed by atoms with Crippen LogP contribution in [0.4, 0.5) is 22.0 Å². The van der Waals surface area contributed by atoms with Crippen LogP contribution in [0.25, 0.3) is 0 Å². The zero-order valence-electron chi connectivity index (χ0n) is 10.7. The Labute approximate surface area is 116 Å². The fraction of sp³-hybridized carbons (Fsp3) is 0.615. The quantitative estimate of drug-likeness (QED) is 0.854. The average molecular weight is 309 g/mol. The first-order valence-corrected chi connectivity index (χ1v) is 6.51. The number of aliphatic hydroxyl groups is 1. The normalized spacial score (nSPS) is 31.7. The molecule has 0 spiro atoms. The highest BCUT2D eigenvalue weighted by atomic mass is 19.4. The van der Waals surface area contributed by atoms with Crippen LogP contribution in [0.15, 0.2) is 6.20 Å². The maximum Gasteiger partial charge on any atom is 0.433 e. The molecule has 1 heterocycles. The highest BCUT2D eigenvalue weighted by Crippen LogP contribution is 2.44. The Hall–Kier alpha value is -1.44. The van der Waals surface area contributed by atoms with Gasteiger partial charge in [0.2, 0.25) is 0 Å². The molecule has 4 atom stereocenters. The smallest absolute Gasteiger partial charge is 0.433 e. The van der Waals surface area contributed by atoms with Crippen molar-refractivity contribution in [2.24, 2.45) is 0 Å². The van der Waals surface area contributed by atoms with Crippen LogP contribution in [0.3, 0.4) is 0 Å². The largest absolute Gasteiger partial charge is 0.485 e. The van der Waals surface area contributed by atoms with E-state index in [9.17, 15) is 27.1 Å². The molecule has 2 aliphatic carbocycles. The van der Waals surface area contributed by atoms with Crippen molar-refractivity contribution in [3.63, 3.8) is 0 Å². The van der Waals surface area contributed by atoms with Gasteiger partial charge in [-0.25, -0.2) is 13.8 Å². The molecule has 1 aromatic heterocycles. The minimum Gasteiger partial charge on any atom is -0.485 e. The van der Waals surface area contributed by atoms with E-state index in [4.69, 9.17) is 4.74 Å². The molecule has 0 saturated heterocycles. The Morgan fingerprint density at radius 3 is 2.57 bits per heavy atom. The van der Waals surface area contributed by atoms with Crippen LogP contribution in [-0.4, -0.2) is 28.5 Å². The predicted octanol–water partition coefficient (Wildman–Crippen LogP) is 2.91. The van der Waals surface area contributed by atoms with Gasteiger partial charge in [0.15, 0.2) is 11.9 Å². The first-order valence-electron chi connectivity index (χ1n) is 6.51. The molecule has 116 valence electrons. The summed E-state index contributed by atoms with van der Waals surface area (Å²) in [4.78, 5) is 3.30. The van der Waals surface area contributed by atoms with Crippen LogP contribution < -0.4 is 4.74 Å². The second-order valence-corrected chi connectivity index (χ2v) is 5.27. The van der Waals surface area contributed by atoms with Gasteiger partial charge in [0, 0.05) is 17.5 Å². The minimum absolute atomic E-state index is 0.00546. The number of ether oxygens (including phenoxy) is 1. The topological polar surface area (TPSA) is 42.4 Å². The molecule has 2 aliphatic rings. The van der Waals surface area contributed by atoms with E-state index in [1.807, 2.05) is 0 Å². The summed E-state index contributed by atoms with van der Waals surface area (Å²) < 4.78 is 69.8. The Kier molecular flexibility index (Phi) is 3.31. The number of pyridine rings is 1. The number of rotatable bonds is 2. The lowest BCUT2D eigenvalue weighted by atomic mass is 9.91. The van der Waals surface area contributed by atoms with Gasteiger partial charge in [-0.15, -0.1) is 0 Å². The Balaban J connectivity index is 1.94. The third-order valence-corrected chi connectivity index (χ3v) is 3.89. The molecule has 3 nitrogen and oxygen atoms in total. The fourth-order valence-electron chi connectivity index (χ4n) is 2.71. The van der Waals surface area contributed by atoms with Crippen molar-refractivity contribution in [1.82, 2.24) is 4.98 Å². The van der Waals surface area contributed by atoms with E-state index in [0.29, 0.717) is 0 Å². The van der Waals surface area contributed by atoms with Gasteiger partial charge < -0.3 is 9.84 Å². The van der Waals surface area contributed by atoms with Crippen LogP contribution in [-0.2, 0) is 12.6 Å². The highest BCUT2D eigenvalue weighted by molar-refractivity contribution is 5.46. The lowest BCUT2D eigenvalue weighted by Gasteiger charge is -2.34. The Morgan fingerprint density at radius 2 is 2.00 bits per heavy atom. The molecular formula is C13H12F5NO2. The van der Waals surface area contributed by atoms with Crippen molar-refractivity contribution in [3.05, 3.63) is 23.0 Å². The van der Waals surface area contributed by atoms with Gasteiger partial charge in [0.05, 0.1) is 12.3 Å². The fourth-order valence-corrected chi connectivity index (χ4v) is 2.71. The van der Waals surface area contributed by atoms with Gasteiger partial charge in [0.1, 0.15) is 18.0 Å². The number of hydrogen-bond donors (Lipinski definition) is 1. The Bertz CT molecular complexity index is 562. The number of fused-ring (bicyclic) bond motifs is 1. The summed E-state index contributed by atoms with van der Waals surface area (Å²) >= 11 is 0. The second kappa shape index (κ2) is 4.79. The molecular weight excluding hydrogens is 297 g/mol. The van der Waals surface area contributed by atoms with Gasteiger partial charge in [-0.1, -0.05) is 0 Å². The number of alkyl halides is 5. The summed E-state index contributed by atoms with van der Waals surface area (Å²) in [6.45, 7) is 0. The summed E-state index contributed by atoms with van der Waals surface area (Å²) in [7, 11) is 0. The molecule has 0 radical (unpaired) electrons. The molecule has 1 N–H and O–H groups in total. The maximum atomic E-state index is 13.2. The summed E-state index contributed by atoms with van der Waals surface area (Å²) in [5, 5.41) is 9.72. The first kappa shape index (κ1) is 14.5. The summed E-state index contributed by atoms with van der Waals surface area (Å²) in [6.07, 6.45) is -9.32. The number of aromatic nitrogens is 1. The predicted molar refractivity (Wildman–Crippen MR) is 61.3 cm³/mol. The molecule has 21 heavy (non-hydrogen) atoms. The highest BCUT2D eigenvalue weighted by Gasteiger charge is 2.46. The number of halogens is 5. The van der Waals surface area contributed by atoms with E-state index in [1.165, 1.54) is 0 Å². The zero-order chi connectivity index (χ0) is 15.4. The number of nitrogens with zero attached hydrogens (tertiary/aromatic N) is 1. The Morgan fingerprint density at radius 1 is 1.29 bits per heavy atom. The van der Waals surface area contributed by atoms with E-state index in [-0.39, 0.29) is 36.1 Å². The van der Waals surface area contributed by atoms with Gasteiger partial charge in [-0.3, -0.25) is 0 Å². The lowest BCUT2D eigenvalue weighted by Crippen LogP contribution is -2.48. The summed E-state index contributed by atoms with van der Waals surface area (Å²) in [5.41, 5.74) is -1.28. The van der Waals surface area contributed by atoms with Gasteiger partial charge in [-0.2, -0.15) is 13.2 Å². The second-order valence-electron chi connectivity index (χ2n) is 5.27. The van der Waals surface area contributed by atoms with Crippen LogP contribution >= 0.6 is 0 Å². The zero-order valence-corrected chi connectivity index (χ0v) is 10.7. The minimum atomic E-state index is -4.68. The molecule has 0 bridgehead atoms. The van der Waals surface area contributed by atoms with Crippen LogP contribution in [0.1, 0.15) is 35.8 Å². The lowest BCUT2D eigenvalue weighted by molar-refractivity contribution is -0.142. The van der Waals surface area contributed by atoms with Gasteiger partial charge >= 0.3 is 6.18 Å². The van der Waals surface area contributed by atoms with E-state index in [1.54, 1.807) is 0 Å².